The van der Waals surface area contributed by atoms with Crippen LogP contribution in [-0.2, 0) is 22.7 Å². The molecule has 1 N–H and O–H groups in total. The van der Waals surface area contributed by atoms with Crippen molar-refractivity contribution in [2.75, 3.05) is 5.32 Å². The van der Waals surface area contributed by atoms with Crippen LogP contribution in [0.25, 0.3) is 21.0 Å². The third kappa shape index (κ3) is 3.00. The van der Waals surface area contributed by atoms with E-state index in [0.717, 1.165) is 28.4 Å². The van der Waals surface area contributed by atoms with E-state index in [1.807, 2.05) is 0 Å². The number of thiazole rings is 1. The number of benzene rings is 3. The lowest BCUT2D eigenvalue weighted by Crippen LogP contribution is -2.15. The Morgan fingerprint density at radius 1 is 1.07 bits per heavy atom. The van der Waals surface area contributed by atoms with Gasteiger partial charge in [0.2, 0.25) is 0 Å². The van der Waals surface area contributed by atoms with Gasteiger partial charge in [-0.3, -0.25) is 10.1 Å². The largest absolute Gasteiger partial charge is 0.298 e. The monoisotopic (exact) mass is 436 g/mol. The van der Waals surface area contributed by atoms with E-state index < -0.39 is 15.1 Å². The molecule has 1 heterocycles. The topological polar surface area (TPSA) is 76.1 Å². The van der Waals surface area contributed by atoms with Gasteiger partial charge in [-0.05, 0) is 73.5 Å². The number of nitrogens with one attached hydrogen (secondary N) is 1. The van der Waals surface area contributed by atoms with Gasteiger partial charge in [0.1, 0.15) is 0 Å². The second-order valence-electron chi connectivity index (χ2n) is 7.81. The number of fused-ring (bicyclic) bond motifs is 2. The Hall–Kier alpha value is -2.77. The van der Waals surface area contributed by atoms with Gasteiger partial charge in [0, 0.05) is 10.9 Å². The number of hydrogen-bond acceptors (Lipinski definition) is 5. The number of carbonyl (C=O) groups excluding carboxylic acids is 1. The van der Waals surface area contributed by atoms with Crippen LogP contribution in [0.1, 0.15) is 35.3 Å². The van der Waals surface area contributed by atoms with Crippen molar-refractivity contribution >= 4 is 53.2 Å². The maximum Gasteiger partial charge on any atom is 0.257 e. The summed E-state index contributed by atoms with van der Waals surface area (Å²) in [7, 11) is -3.36. The number of carbonyl (C=O) groups is 1. The van der Waals surface area contributed by atoms with Crippen molar-refractivity contribution in [3.05, 3.63) is 65.2 Å². The highest BCUT2D eigenvalue weighted by Gasteiger charge is 2.21. The van der Waals surface area contributed by atoms with E-state index in [2.05, 4.69) is 34.6 Å². The molecule has 1 amide bonds. The van der Waals surface area contributed by atoms with Gasteiger partial charge in [0.25, 0.3) is 5.91 Å². The SMILES string of the molecule is CC(C)S(=O)(=O)c1ccc(C(=O)Nc2nc3c(cc4c5c(cccc53)CC4)s2)cc1. The first kappa shape index (κ1) is 19.2. The Labute approximate surface area is 178 Å². The quantitative estimate of drug-likeness (QED) is 0.489. The van der Waals surface area contributed by atoms with Crippen LogP contribution in [0.2, 0.25) is 0 Å². The second kappa shape index (κ2) is 6.89. The second-order valence-corrected chi connectivity index (χ2v) is 11.3. The zero-order valence-electron chi connectivity index (χ0n) is 16.6. The fourth-order valence-electron chi connectivity index (χ4n) is 4.00. The molecular formula is C23H20N2O3S2. The molecule has 0 unspecified atom stereocenters. The molecule has 0 aliphatic heterocycles. The molecule has 7 heteroatoms. The molecule has 0 radical (unpaired) electrons. The van der Waals surface area contributed by atoms with Crippen molar-refractivity contribution in [2.24, 2.45) is 0 Å². The van der Waals surface area contributed by atoms with Gasteiger partial charge in [0.05, 0.1) is 20.4 Å². The summed E-state index contributed by atoms with van der Waals surface area (Å²) in [5.74, 6) is -0.306. The van der Waals surface area contributed by atoms with Crippen molar-refractivity contribution in [3.8, 4) is 0 Å². The van der Waals surface area contributed by atoms with E-state index in [-0.39, 0.29) is 10.8 Å². The highest BCUT2D eigenvalue weighted by Crippen LogP contribution is 2.39. The van der Waals surface area contributed by atoms with Crippen molar-refractivity contribution in [1.82, 2.24) is 4.98 Å². The van der Waals surface area contributed by atoms with E-state index in [1.54, 1.807) is 13.8 Å². The van der Waals surface area contributed by atoms with E-state index in [1.165, 1.54) is 52.1 Å². The third-order valence-electron chi connectivity index (χ3n) is 5.64. The van der Waals surface area contributed by atoms with Crippen molar-refractivity contribution in [2.45, 2.75) is 36.8 Å². The fourth-order valence-corrected chi connectivity index (χ4v) is 6.00. The predicted molar refractivity (Wildman–Crippen MR) is 121 cm³/mol. The van der Waals surface area contributed by atoms with Gasteiger partial charge in [-0.15, -0.1) is 0 Å². The average molecular weight is 437 g/mol. The number of aryl methyl sites for hydroxylation is 2. The zero-order valence-corrected chi connectivity index (χ0v) is 18.2. The molecule has 152 valence electrons. The first-order chi connectivity index (χ1) is 14.3. The first-order valence-electron chi connectivity index (χ1n) is 9.84. The summed E-state index contributed by atoms with van der Waals surface area (Å²) in [5, 5.41) is 5.33. The Balaban J connectivity index is 1.45. The summed E-state index contributed by atoms with van der Waals surface area (Å²) in [6, 6.07) is 14.6. The van der Waals surface area contributed by atoms with Gasteiger partial charge in [-0.2, -0.15) is 0 Å². The molecule has 5 nitrogen and oxygen atoms in total. The minimum Gasteiger partial charge on any atom is -0.298 e. The Morgan fingerprint density at radius 2 is 1.80 bits per heavy atom. The minimum atomic E-state index is -3.36. The van der Waals surface area contributed by atoms with Crippen LogP contribution in [0.3, 0.4) is 0 Å². The molecule has 4 aromatic rings. The Morgan fingerprint density at radius 3 is 2.53 bits per heavy atom. The van der Waals surface area contributed by atoms with Crippen LogP contribution in [0.4, 0.5) is 5.13 Å². The number of aromatic nitrogens is 1. The van der Waals surface area contributed by atoms with E-state index in [4.69, 9.17) is 0 Å². The highest BCUT2D eigenvalue weighted by molar-refractivity contribution is 7.92. The van der Waals surface area contributed by atoms with Crippen LogP contribution in [-0.4, -0.2) is 24.6 Å². The van der Waals surface area contributed by atoms with Crippen LogP contribution >= 0.6 is 11.3 Å². The number of anilines is 1. The summed E-state index contributed by atoms with van der Waals surface area (Å²) >= 11 is 1.46. The van der Waals surface area contributed by atoms with Crippen LogP contribution in [0, 0.1) is 0 Å². The third-order valence-corrected chi connectivity index (χ3v) is 8.72. The fraction of sp³-hybridized carbons (Fsp3) is 0.217. The van der Waals surface area contributed by atoms with E-state index in [0.29, 0.717) is 10.7 Å². The van der Waals surface area contributed by atoms with Gasteiger partial charge >= 0.3 is 0 Å². The van der Waals surface area contributed by atoms with E-state index in [9.17, 15) is 13.2 Å². The van der Waals surface area contributed by atoms with Gasteiger partial charge in [0.15, 0.2) is 15.0 Å². The molecule has 0 saturated heterocycles. The minimum absolute atomic E-state index is 0.221. The summed E-state index contributed by atoms with van der Waals surface area (Å²) in [6.45, 7) is 3.28. The zero-order chi connectivity index (χ0) is 21.0. The van der Waals surface area contributed by atoms with Gasteiger partial charge in [-0.25, -0.2) is 13.4 Å². The Bertz CT molecular complexity index is 1420. The maximum absolute atomic E-state index is 12.7. The van der Waals surface area contributed by atoms with Gasteiger partial charge < -0.3 is 0 Å². The van der Waals surface area contributed by atoms with Crippen LogP contribution in [0.5, 0.6) is 0 Å². The lowest BCUT2D eigenvalue weighted by atomic mass is 10.0. The van der Waals surface area contributed by atoms with Crippen LogP contribution in [0.15, 0.2) is 53.4 Å². The smallest absolute Gasteiger partial charge is 0.257 e. The standard InChI is InChI=1S/C23H20N2O3S2/c1-13(2)30(27,28)17-10-8-15(9-11-17)22(26)25-23-24-21-18-5-3-4-14-6-7-16(20(14)18)12-19(21)29-23/h3-5,8-13H,6-7H2,1-2H3,(H,24,25,26). The predicted octanol–water partition coefficient (Wildman–Crippen LogP) is 4.98. The van der Waals surface area contributed by atoms with Crippen molar-refractivity contribution in [1.29, 1.82) is 0 Å². The number of rotatable bonds is 4. The number of amides is 1. The molecule has 30 heavy (non-hydrogen) atoms. The summed E-state index contributed by atoms with van der Waals surface area (Å²) in [5.41, 5.74) is 4.01. The van der Waals surface area contributed by atoms with Crippen molar-refractivity contribution in [3.63, 3.8) is 0 Å². The molecule has 0 bridgehead atoms. The highest BCUT2D eigenvalue weighted by atomic mass is 32.2. The van der Waals surface area contributed by atoms with E-state index >= 15 is 0 Å². The molecule has 0 saturated carbocycles. The normalized spacial score (nSPS) is 13.4. The van der Waals surface area contributed by atoms with Crippen molar-refractivity contribution < 1.29 is 13.2 Å². The maximum atomic E-state index is 12.7. The number of nitrogens with zero attached hydrogens (tertiary/aromatic N) is 1. The molecule has 0 spiro atoms. The number of sulfone groups is 1. The number of hydrogen-bond donors (Lipinski definition) is 1. The molecular weight excluding hydrogens is 416 g/mol. The molecule has 0 atom stereocenters. The molecule has 1 aliphatic carbocycles. The molecule has 3 aromatic carbocycles. The van der Waals surface area contributed by atoms with Crippen LogP contribution < -0.4 is 5.32 Å². The lowest BCUT2D eigenvalue weighted by Gasteiger charge is -2.08. The Kier molecular flexibility index (Phi) is 4.41. The first-order valence-corrected chi connectivity index (χ1v) is 12.2. The molecule has 1 aromatic heterocycles. The lowest BCUT2D eigenvalue weighted by molar-refractivity contribution is 0.102. The summed E-state index contributed by atoms with van der Waals surface area (Å²) in [4.78, 5) is 17.6. The molecule has 5 rings (SSSR count). The van der Waals surface area contributed by atoms with Gasteiger partial charge in [-0.1, -0.05) is 29.5 Å². The summed E-state index contributed by atoms with van der Waals surface area (Å²) < 4.78 is 25.6. The average Bonchev–Trinajstić information content (AvgIpc) is 3.33. The molecule has 0 fully saturated rings. The molecule has 1 aliphatic rings. The summed E-state index contributed by atoms with van der Waals surface area (Å²) in [6.07, 6.45) is 2.10.